The summed E-state index contributed by atoms with van der Waals surface area (Å²) in [7, 11) is 0. The van der Waals surface area contributed by atoms with E-state index in [0.29, 0.717) is 5.56 Å². The molecule has 0 aliphatic heterocycles. The average molecular weight is 420 g/mol. The Hall–Kier alpha value is -4.20. The van der Waals surface area contributed by atoms with Crippen molar-refractivity contribution in [3.63, 3.8) is 0 Å². The van der Waals surface area contributed by atoms with Gasteiger partial charge in [0, 0.05) is 17.2 Å². The van der Waals surface area contributed by atoms with Gasteiger partial charge in [-0.25, -0.2) is 14.0 Å². The van der Waals surface area contributed by atoms with Gasteiger partial charge in [-0.15, -0.1) is 5.73 Å². The molecule has 1 heterocycles. The number of benzene rings is 2. The summed E-state index contributed by atoms with van der Waals surface area (Å²) in [5, 5.41) is 2.42. The Morgan fingerprint density at radius 3 is 2.55 bits per heavy atom. The Labute approximate surface area is 177 Å². The fourth-order valence-corrected chi connectivity index (χ4v) is 2.67. The van der Waals surface area contributed by atoms with E-state index in [-0.39, 0.29) is 34.9 Å². The van der Waals surface area contributed by atoms with Gasteiger partial charge in [0.2, 0.25) is 0 Å². The quantitative estimate of drug-likeness (QED) is 0.605. The molecule has 3 rings (SSSR count). The average Bonchev–Trinajstić information content (AvgIpc) is 2.75. The molecule has 2 aromatic carbocycles. The van der Waals surface area contributed by atoms with Gasteiger partial charge in [0.1, 0.15) is 22.8 Å². The van der Waals surface area contributed by atoms with Crippen LogP contribution in [0, 0.1) is 5.82 Å². The molecule has 0 unspecified atom stereocenters. The molecule has 0 spiro atoms. The standard InChI is InChI=1S/C23H17FN2O5/c1-2-30-22(28)17-13-19(26-21(27)15-6-4-3-5-7-15)23(29)31-20(17)11-9-14-8-10-16(24)12-18(14)25/h3-13H,2H2,1H3,(H,26,27)/b11-9+. The summed E-state index contributed by atoms with van der Waals surface area (Å²) in [5.74, 6) is -2.09. The highest BCUT2D eigenvalue weighted by Crippen LogP contribution is 2.21. The second-order valence-corrected chi connectivity index (χ2v) is 6.30. The van der Waals surface area contributed by atoms with E-state index < -0.39 is 23.3 Å². The third kappa shape index (κ3) is 5.24. The molecule has 8 heteroatoms. The number of ether oxygens (including phenoxy) is 1. The lowest BCUT2D eigenvalue weighted by Gasteiger charge is -2.09. The molecule has 0 atom stereocenters. The number of nitrogens with one attached hydrogen (secondary N) is 1. The maximum atomic E-state index is 13.2. The van der Waals surface area contributed by atoms with Crippen LogP contribution in [0.25, 0.3) is 12.2 Å². The van der Waals surface area contributed by atoms with E-state index in [9.17, 15) is 24.5 Å². The Kier molecular flexibility index (Phi) is 6.61. The number of carbonyl (C=O) groups excluding carboxylic acids is 2. The van der Waals surface area contributed by atoms with Crippen molar-refractivity contribution in [2.45, 2.75) is 6.92 Å². The molecule has 0 aliphatic carbocycles. The van der Waals surface area contributed by atoms with Crippen molar-refractivity contribution in [2.75, 3.05) is 11.9 Å². The molecule has 1 amide bonds. The van der Waals surface area contributed by atoms with E-state index >= 15 is 0 Å². The lowest BCUT2D eigenvalue weighted by atomic mass is 10.1. The van der Waals surface area contributed by atoms with Crippen molar-refractivity contribution in [1.29, 1.82) is 0 Å². The molecular formula is C23H17FN2O5. The number of hydrogen-bond donors (Lipinski definition) is 1. The molecule has 3 aromatic rings. The van der Waals surface area contributed by atoms with Gasteiger partial charge in [0.05, 0.1) is 12.3 Å². The van der Waals surface area contributed by atoms with Crippen LogP contribution in [0.4, 0.5) is 15.8 Å². The van der Waals surface area contributed by atoms with Crippen LogP contribution in [0.5, 0.6) is 0 Å². The maximum Gasteiger partial charge on any atom is 0.360 e. The number of amides is 1. The highest BCUT2D eigenvalue weighted by molar-refractivity contribution is 6.05. The zero-order valence-corrected chi connectivity index (χ0v) is 16.4. The summed E-state index contributed by atoms with van der Waals surface area (Å²) >= 11 is 0. The Bertz CT molecular complexity index is 1200. The number of esters is 1. The van der Waals surface area contributed by atoms with Gasteiger partial charge in [-0.1, -0.05) is 18.2 Å². The summed E-state index contributed by atoms with van der Waals surface area (Å²) in [6, 6.07) is 12.7. The van der Waals surface area contributed by atoms with Gasteiger partial charge in [-0.2, -0.15) is 0 Å². The van der Waals surface area contributed by atoms with Crippen LogP contribution in [-0.4, -0.2) is 18.5 Å². The van der Waals surface area contributed by atoms with Crippen molar-refractivity contribution in [3.05, 3.63) is 93.3 Å². The summed E-state index contributed by atoms with van der Waals surface area (Å²) in [6.07, 6.45) is 2.61. The van der Waals surface area contributed by atoms with E-state index in [2.05, 4.69) is 5.32 Å². The van der Waals surface area contributed by atoms with Crippen LogP contribution < -0.4 is 16.7 Å². The normalized spacial score (nSPS) is 10.8. The van der Waals surface area contributed by atoms with Crippen molar-refractivity contribution >= 4 is 35.4 Å². The van der Waals surface area contributed by atoms with E-state index in [0.717, 1.165) is 18.2 Å². The van der Waals surface area contributed by atoms with Crippen LogP contribution in [0.3, 0.4) is 0 Å². The first-order valence-electron chi connectivity index (χ1n) is 9.27. The number of carbonyl (C=O) groups is 2. The predicted octanol–water partition coefficient (Wildman–Crippen LogP) is 4.08. The summed E-state index contributed by atoms with van der Waals surface area (Å²) in [4.78, 5) is 37.1. The second kappa shape index (κ2) is 9.53. The van der Waals surface area contributed by atoms with E-state index in [1.807, 2.05) is 0 Å². The fraction of sp³-hybridized carbons (Fsp3) is 0.0870. The number of rotatable bonds is 6. The largest absolute Gasteiger partial charge is 0.462 e. The third-order valence-electron chi connectivity index (χ3n) is 4.16. The molecule has 2 radical (unpaired) electrons. The minimum atomic E-state index is -0.889. The molecule has 0 saturated heterocycles. The molecular weight excluding hydrogens is 403 g/mol. The van der Waals surface area contributed by atoms with Crippen LogP contribution in [-0.2, 0) is 4.74 Å². The SMILES string of the molecule is CCOC(=O)c1cc(NC(=O)c2ccccc2)c(=O)oc1/C=C/c1ccc(F)cc1[N]. The molecule has 156 valence electrons. The van der Waals surface area contributed by atoms with Crippen LogP contribution in [0.2, 0.25) is 0 Å². The molecule has 0 bridgehead atoms. The third-order valence-corrected chi connectivity index (χ3v) is 4.16. The van der Waals surface area contributed by atoms with Crippen LogP contribution >= 0.6 is 0 Å². The minimum Gasteiger partial charge on any atom is -0.462 e. The number of anilines is 1. The zero-order valence-electron chi connectivity index (χ0n) is 16.4. The number of halogens is 1. The summed E-state index contributed by atoms with van der Waals surface area (Å²) < 4.78 is 23.4. The number of hydrogen-bond acceptors (Lipinski definition) is 5. The van der Waals surface area contributed by atoms with E-state index in [1.54, 1.807) is 37.3 Å². The van der Waals surface area contributed by atoms with Crippen LogP contribution in [0.15, 0.2) is 63.8 Å². The molecule has 31 heavy (non-hydrogen) atoms. The molecule has 0 aliphatic rings. The van der Waals surface area contributed by atoms with Gasteiger partial charge in [-0.05, 0) is 49.4 Å². The van der Waals surface area contributed by atoms with Crippen molar-refractivity contribution in [1.82, 2.24) is 5.73 Å². The second-order valence-electron chi connectivity index (χ2n) is 6.30. The molecule has 1 N–H and O–H groups in total. The highest BCUT2D eigenvalue weighted by atomic mass is 19.1. The first kappa shape index (κ1) is 21.5. The summed E-state index contributed by atoms with van der Waals surface area (Å²) in [6.45, 7) is 1.69. The first-order chi connectivity index (χ1) is 14.9. The van der Waals surface area contributed by atoms with Crippen molar-refractivity contribution < 1.29 is 23.1 Å². The first-order valence-corrected chi connectivity index (χ1v) is 9.27. The molecule has 0 saturated carbocycles. The van der Waals surface area contributed by atoms with E-state index in [4.69, 9.17) is 9.15 Å². The fourth-order valence-electron chi connectivity index (χ4n) is 2.67. The maximum absolute atomic E-state index is 13.2. The van der Waals surface area contributed by atoms with Gasteiger partial charge in [-0.3, -0.25) is 4.79 Å². The topological polar surface area (TPSA) is 108 Å². The minimum absolute atomic E-state index is 0.0750. The molecule has 1 aromatic heterocycles. The Morgan fingerprint density at radius 2 is 1.87 bits per heavy atom. The smallest absolute Gasteiger partial charge is 0.360 e. The lowest BCUT2D eigenvalue weighted by molar-refractivity contribution is 0.0522. The van der Waals surface area contributed by atoms with Gasteiger partial charge in [0.15, 0.2) is 0 Å². The molecule has 0 fully saturated rings. The zero-order chi connectivity index (χ0) is 22.4. The summed E-state index contributed by atoms with van der Waals surface area (Å²) in [5.41, 5.74) is 8.80. The van der Waals surface area contributed by atoms with E-state index in [1.165, 1.54) is 18.2 Å². The highest BCUT2D eigenvalue weighted by Gasteiger charge is 2.19. The Morgan fingerprint density at radius 1 is 1.13 bits per heavy atom. The predicted molar refractivity (Wildman–Crippen MR) is 112 cm³/mol. The Balaban J connectivity index is 1.98. The van der Waals surface area contributed by atoms with Crippen LogP contribution in [0.1, 0.15) is 39.0 Å². The van der Waals surface area contributed by atoms with Gasteiger partial charge in [0.25, 0.3) is 5.91 Å². The van der Waals surface area contributed by atoms with Gasteiger partial charge >= 0.3 is 11.6 Å². The van der Waals surface area contributed by atoms with Crippen molar-refractivity contribution in [3.8, 4) is 0 Å². The number of nitrogens with zero attached hydrogens (tertiary/aromatic N) is 1. The van der Waals surface area contributed by atoms with Gasteiger partial charge < -0.3 is 14.5 Å². The molecule has 7 nitrogen and oxygen atoms in total. The monoisotopic (exact) mass is 420 g/mol. The van der Waals surface area contributed by atoms with Crippen molar-refractivity contribution in [2.24, 2.45) is 0 Å². The lowest BCUT2D eigenvalue weighted by Crippen LogP contribution is -2.20.